The van der Waals surface area contributed by atoms with Gasteiger partial charge in [-0.1, -0.05) is 19.1 Å². The summed E-state index contributed by atoms with van der Waals surface area (Å²) in [5, 5.41) is 11.5. The number of aromatic nitrogens is 6. The molecule has 0 aliphatic carbocycles. The van der Waals surface area contributed by atoms with Gasteiger partial charge in [-0.25, -0.2) is 18.6 Å². The Kier molecular flexibility index (Phi) is 4.06. The van der Waals surface area contributed by atoms with E-state index < -0.39 is 0 Å². The van der Waals surface area contributed by atoms with E-state index in [4.69, 9.17) is 0 Å². The highest BCUT2D eigenvalue weighted by molar-refractivity contribution is 5.90. The van der Waals surface area contributed by atoms with E-state index in [0.29, 0.717) is 18.1 Å². The average Bonchev–Trinajstić information content (AvgIpc) is 3.25. The molecule has 9 heteroatoms. The van der Waals surface area contributed by atoms with E-state index in [2.05, 4.69) is 15.5 Å². The first-order valence-electron chi connectivity index (χ1n) is 8.86. The monoisotopic (exact) mass is 367 g/mol. The lowest BCUT2D eigenvalue weighted by atomic mass is 10.3. The average molecular weight is 367 g/mol. The van der Waals surface area contributed by atoms with E-state index in [-0.39, 0.29) is 18.1 Å². The number of nitrogens with one attached hydrogen (secondary N) is 1. The summed E-state index contributed by atoms with van der Waals surface area (Å²) in [6, 6.07) is 7.58. The summed E-state index contributed by atoms with van der Waals surface area (Å²) in [7, 11) is 1.85. The number of rotatable bonds is 5. The highest BCUT2D eigenvalue weighted by Gasteiger charge is 2.18. The smallest absolute Gasteiger partial charge is 0.311 e. The van der Waals surface area contributed by atoms with Crippen LogP contribution < -0.4 is 11.0 Å². The molecule has 1 aromatic carbocycles. The van der Waals surface area contributed by atoms with Crippen LogP contribution in [-0.2, 0) is 24.9 Å². The fraction of sp³-hybridized carbons (Fsp3) is 0.333. The van der Waals surface area contributed by atoms with Gasteiger partial charge in [0.2, 0.25) is 11.7 Å². The zero-order valence-electron chi connectivity index (χ0n) is 15.5. The molecular formula is C18H21N7O2. The number of para-hydroxylation sites is 2. The predicted molar refractivity (Wildman–Crippen MR) is 102 cm³/mol. The number of imidazole rings is 1. The van der Waals surface area contributed by atoms with Gasteiger partial charge in [0.05, 0.1) is 17.2 Å². The number of hydrogen-bond acceptors (Lipinski definition) is 4. The largest absolute Gasteiger partial charge is 0.352 e. The SMILES string of the molecule is CCCn1ncc(C)c1NC(=O)Cn1nc2n(C)c3ccccc3n2c1=O. The number of fused-ring (bicyclic) bond motifs is 3. The van der Waals surface area contributed by atoms with Gasteiger partial charge in [-0.2, -0.15) is 5.10 Å². The van der Waals surface area contributed by atoms with Gasteiger partial charge in [-0.3, -0.25) is 4.79 Å². The zero-order valence-corrected chi connectivity index (χ0v) is 15.5. The van der Waals surface area contributed by atoms with E-state index in [9.17, 15) is 9.59 Å². The van der Waals surface area contributed by atoms with Crippen LogP contribution in [0, 0.1) is 6.92 Å². The Labute approximate surface area is 154 Å². The third kappa shape index (κ3) is 2.71. The summed E-state index contributed by atoms with van der Waals surface area (Å²) in [5.74, 6) is 0.844. The molecule has 4 rings (SSSR count). The fourth-order valence-corrected chi connectivity index (χ4v) is 3.30. The molecule has 27 heavy (non-hydrogen) atoms. The summed E-state index contributed by atoms with van der Waals surface area (Å²) in [4.78, 5) is 25.3. The Bertz CT molecular complexity index is 1210. The van der Waals surface area contributed by atoms with Crippen molar-refractivity contribution in [3.63, 3.8) is 0 Å². The van der Waals surface area contributed by atoms with Gasteiger partial charge in [-0.05, 0) is 25.5 Å². The maximum absolute atomic E-state index is 12.8. The van der Waals surface area contributed by atoms with Crippen molar-refractivity contribution < 1.29 is 4.79 Å². The second-order valence-electron chi connectivity index (χ2n) is 6.57. The molecule has 0 aliphatic rings. The number of amides is 1. The van der Waals surface area contributed by atoms with Crippen molar-refractivity contribution in [2.75, 3.05) is 5.32 Å². The molecule has 0 bridgehead atoms. The minimum absolute atomic E-state index is 0.161. The normalized spacial score (nSPS) is 11.5. The van der Waals surface area contributed by atoms with Crippen LogP contribution in [0.1, 0.15) is 18.9 Å². The summed E-state index contributed by atoms with van der Waals surface area (Å²) < 4.78 is 6.31. The lowest BCUT2D eigenvalue weighted by Crippen LogP contribution is -2.29. The van der Waals surface area contributed by atoms with Crippen molar-refractivity contribution in [3.8, 4) is 0 Å². The first-order valence-corrected chi connectivity index (χ1v) is 8.86. The van der Waals surface area contributed by atoms with Crippen molar-refractivity contribution in [1.82, 2.24) is 28.5 Å². The van der Waals surface area contributed by atoms with Gasteiger partial charge < -0.3 is 9.88 Å². The van der Waals surface area contributed by atoms with Crippen molar-refractivity contribution in [2.24, 2.45) is 7.05 Å². The molecule has 0 radical (unpaired) electrons. The Balaban J connectivity index is 1.65. The van der Waals surface area contributed by atoms with E-state index in [0.717, 1.165) is 23.0 Å². The molecule has 0 saturated carbocycles. The maximum Gasteiger partial charge on any atom is 0.352 e. The molecule has 0 atom stereocenters. The molecule has 4 aromatic rings. The maximum atomic E-state index is 12.8. The number of nitrogens with zero attached hydrogens (tertiary/aromatic N) is 6. The highest BCUT2D eigenvalue weighted by atomic mass is 16.2. The molecule has 1 amide bonds. The third-order valence-electron chi connectivity index (χ3n) is 4.62. The minimum atomic E-state index is -0.337. The number of carbonyl (C=O) groups is 1. The topological polar surface area (TPSA) is 91.2 Å². The third-order valence-corrected chi connectivity index (χ3v) is 4.62. The molecule has 0 saturated heterocycles. The lowest BCUT2D eigenvalue weighted by molar-refractivity contribution is -0.117. The zero-order chi connectivity index (χ0) is 19.1. The van der Waals surface area contributed by atoms with Gasteiger partial charge in [-0.15, -0.1) is 5.10 Å². The molecule has 0 spiro atoms. The summed E-state index contributed by atoms with van der Waals surface area (Å²) in [6.07, 6.45) is 2.62. The van der Waals surface area contributed by atoms with Crippen LogP contribution in [0.4, 0.5) is 5.82 Å². The Morgan fingerprint density at radius 3 is 2.67 bits per heavy atom. The minimum Gasteiger partial charge on any atom is -0.311 e. The van der Waals surface area contributed by atoms with E-state index in [1.54, 1.807) is 10.9 Å². The summed E-state index contributed by atoms with van der Waals surface area (Å²) >= 11 is 0. The Morgan fingerprint density at radius 2 is 1.93 bits per heavy atom. The Hall–Kier alpha value is -3.36. The number of benzene rings is 1. The van der Waals surface area contributed by atoms with Gasteiger partial charge in [0.15, 0.2) is 0 Å². The van der Waals surface area contributed by atoms with Crippen molar-refractivity contribution >= 4 is 28.5 Å². The molecule has 3 aromatic heterocycles. The second-order valence-corrected chi connectivity index (χ2v) is 6.57. The van der Waals surface area contributed by atoms with E-state index in [1.807, 2.05) is 49.7 Å². The van der Waals surface area contributed by atoms with E-state index in [1.165, 1.54) is 9.08 Å². The van der Waals surface area contributed by atoms with Crippen molar-refractivity contribution in [1.29, 1.82) is 0 Å². The van der Waals surface area contributed by atoms with Crippen LogP contribution in [-0.4, -0.2) is 34.4 Å². The molecule has 0 unspecified atom stereocenters. The van der Waals surface area contributed by atoms with Crippen LogP contribution >= 0.6 is 0 Å². The number of anilines is 1. The fourth-order valence-electron chi connectivity index (χ4n) is 3.30. The quantitative estimate of drug-likeness (QED) is 0.579. The van der Waals surface area contributed by atoms with Crippen molar-refractivity contribution in [2.45, 2.75) is 33.4 Å². The van der Waals surface area contributed by atoms with Crippen LogP contribution in [0.25, 0.3) is 16.8 Å². The molecule has 1 N–H and O–H groups in total. The van der Waals surface area contributed by atoms with Crippen LogP contribution in [0.3, 0.4) is 0 Å². The molecule has 0 fully saturated rings. The van der Waals surface area contributed by atoms with Gasteiger partial charge >= 0.3 is 5.69 Å². The first-order chi connectivity index (χ1) is 13.0. The van der Waals surface area contributed by atoms with Gasteiger partial charge in [0.1, 0.15) is 12.4 Å². The van der Waals surface area contributed by atoms with Crippen molar-refractivity contribution in [3.05, 3.63) is 46.5 Å². The summed E-state index contributed by atoms with van der Waals surface area (Å²) in [6.45, 7) is 4.48. The number of hydrogen-bond donors (Lipinski definition) is 1. The predicted octanol–water partition coefficient (Wildman–Crippen LogP) is 1.54. The molecule has 140 valence electrons. The molecular weight excluding hydrogens is 346 g/mol. The Morgan fingerprint density at radius 1 is 1.19 bits per heavy atom. The van der Waals surface area contributed by atoms with E-state index >= 15 is 0 Å². The first kappa shape index (κ1) is 17.1. The highest BCUT2D eigenvalue weighted by Crippen LogP contribution is 2.17. The molecule has 0 aliphatic heterocycles. The van der Waals surface area contributed by atoms with Gasteiger partial charge in [0, 0.05) is 19.2 Å². The van der Waals surface area contributed by atoms with Crippen LogP contribution in [0.15, 0.2) is 35.3 Å². The van der Waals surface area contributed by atoms with Gasteiger partial charge in [0.25, 0.3) is 0 Å². The molecule has 9 nitrogen and oxygen atoms in total. The lowest BCUT2D eigenvalue weighted by Gasteiger charge is -2.09. The second kappa shape index (κ2) is 6.42. The molecule has 3 heterocycles. The van der Waals surface area contributed by atoms with Crippen LogP contribution in [0.5, 0.6) is 0 Å². The summed E-state index contributed by atoms with van der Waals surface area (Å²) in [5.41, 5.74) is 2.22. The standard InChI is InChI=1S/C18H21N7O2/c1-4-9-23-16(12(2)10-19-23)20-15(26)11-24-18(27)25-14-8-6-5-7-13(14)22(3)17(25)21-24/h5-8,10H,4,9,11H2,1-3H3,(H,20,26). The number of carbonyl (C=O) groups excluding carboxylic acids is 1. The van der Waals surface area contributed by atoms with Crippen LogP contribution in [0.2, 0.25) is 0 Å². The number of aryl methyl sites for hydroxylation is 3.